The highest BCUT2D eigenvalue weighted by atomic mass is 32.1. The zero-order chi connectivity index (χ0) is 11.4. The SMILES string of the molecule is CCCC1(CNCc2sccc2OC)CC1. The molecule has 0 atom stereocenters. The number of methoxy groups -OCH3 is 1. The number of rotatable bonds is 7. The van der Waals surface area contributed by atoms with Crippen LogP contribution in [0.4, 0.5) is 0 Å². The molecule has 16 heavy (non-hydrogen) atoms. The van der Waals surface area contributed by atoms with Crippen LogP contribution in [0, 0.1) is 5.41 Å². The first kappa shape index (κ1) is 11.9. The Bertz CT molecular complexity index is 330. The van der Waals surface area contributed by atoms with Gasteiger partial charge >= 0.3 is 0 Å². The Kier molecular flexibility index (Phi) is 3.87. The molecule has 0 amide bonds. The van der Waals surface area contributed by atoms with E-state index in [9.17, 15) is 0 Å². The van der Waals surface area contributed by atoms with Gasteiger partial charge in [0, 0.05) is 13.1 Å². The largest absolute Gasteiger partial charge is 0.496 e. The molecule has 0 aromatic carbocycles. The van der Waals surface area contributed by atoms with Crippen LogP contribution in [0.1, 0.15) is 37.5 Å². The second-order valence-electron chi connectivity index (χ2n) is 4.77. The average Bonchev–Trinajstić information content (AvgIpc) is 2.90. The molecule has 1 saturated carbocycles. The van der Waals surface area contributed by atoms with E-state index in [0.717, 1.165) is 12.3 Å². The number of thiophene rings is 1. The summed E-state index contributed by atoms with van der Waals surface area (Å²) in [6, 6.07) is 2.04. The molecule has 1 aliphatic rings. The van der Waals surface area contributed by atoms with Crippen molar-refractivity contribution in [2.24, 2.45) is 5.41 Å². The van der Waals surface area contributed by atoms with Gasteiger partial charge in [-0.25, -0.2) is 0 Å². The van der Waals surface area contributed by atoms with E-state index in [1.807, 2.05) is 6.07 Å². The number of nitrogens with one attached hydrogen (secondary N) is 1. The van der Waals surface area contributed by atoms with Gasteiger partial charge in [0.05, 0.1) is 12.0 Å². The Labute approximate surface area is 102 Å². The molecule has 1 fully saturated rings. The van der Waals surface area contributed by atoms with E-state index in [1.54, 1.807) is 18.4 Å². The van der Waals surface area contributed by atoms with Gasteiger partial charge in [-0.05, 0) is 36.1 Å². The van der Waals surface area contributed by atoms with Crippen LogP contribution in [0.2, 0.25) is 0 Å². The van der Waals surface area contributed by atoms with Gasteiger partial charge < -0.3 is 10.1 Å². The molecule has 0 radical (unpaired) electrons. The van der Waals surface area contributed by atoms with Crippen molar-refractivity contribution >= 4 is 11.3 Å². The molecule has 1 heterocycles. The molecule has 3 heteroatoms. The number of ether oxygens (including phenoxy) is 1. The van der Waals surface area contributed by atoms with Crippen LogP contribution in [0.5, 0.6) is 5.75 Å². The van der Waals surface area contributed by atoms with Crippen LogP contribution in [0.15, 0.2) is 11.4 Å². The third-order valence-electron chi connectivity index (χ3n) is 3.45. The smallest absolute Gasteiger partial charge is 0.134 e. The lowest BCUT2D eigenvalue weighted by molar-refractivity contribution is 0.401. The predicted molar refractivity (Wildman–Crippen MR) is 69.2 cm³/mol. The summed E-state index contributed by atoms with van der Waals surface area (Å²) in [5.74, 6) is 1.03. The van der Waals surface area contributed by atoms with Crippen molar-refractivity contribution in [2.75, 3.05) is 13.7 Å². The van der Waals surface area contributed by atoms with Crippen LogP contribution < -0.4 is 10.1 Å². The second kappa shape index (κ2) is 5.19. The lowest BCUT2D eigenvalue weighted by atomic mass is 10.0. The summed E-state index contributed by atoms with van der Waals surface area (Å²) < 4.78 is 5.30. The molecule has 1 N–H and O–H groups in total. The zero-order valence-corrected chi connectivity index (χ0v) is 11.0. The first-order valence-electron chi connectivity index (χ1n) is 6.11. The molecule has 0 aliphatic heterocycles. The Morgan fingerprint density at radius 3 is 2.94 bits per heavy atom. The molecule has 1 aromatic heterocycles. The summed E-state index contributed by atoms with van der Waals surface area (Å²) >= 11 is 1.77. The Hall–Kier alpha value is -0.540. The van der Waals surface area contributed by atoms with Crippen molar-refractivity contribution in [3.05, 3.63) is 16.3 Å². The minimum Gasteiger partial charge on any atom is -0.496 e. The maximum Gasteiger partial charge on any atom is 0.134 e. The van der Waals surface area contributed by atoms with E-state index in [2.05, 4.69) is 17.6 Å². The first-order chi connectivity index (χ1) is 7.79. The van der Waals surface area contributed by atoms with E-state index in [-0.39, 0.29) is 0 Å². The molecule has 2 rings (SSSR count). The average molecular weight is 239 g/mol. The van der Waals surface area contributed by atoms with Gasteiger partial charge in [0.2, 0.25) is 0 Å². The maximum atomic E-state index is 5.30. The van der Waals surface area contributed by atoms with Crippen LogP contribution in [-0.2, 0) is 6.54 Å². The number of hydrogen-bond acceptors (Lipinski definition) is 3. The third kappa shape index (κ3) is 2.77. The Balaban J connectivity index is 1.76. The fourth-order valence-electron chi connectivity index (χ4n) is 2.30. The van der Waals surface area contributed by atoms with Crippen molar-refractivity contribution in [3.8, 4) is 5.75 Å². The molecule has 0 unspecified atom stereocenters. The van der Waals surface area contributed by atoms with Gasteiger partial charge in [-0.1, -0.05) is 13.3 Å². The highest BCUT2D eigenvalue weighted by molar-refractivity contribution is 7.10. The highest BCUT2D eigenvalue weighted by Crippen LogP contribution is 2.49. The highest BCUT2D eigenvalue weighted by Gasteiger charge is 2.40. The van der Waals surface area contributed by atoms with E-state index in [4.69, 9.17) is 4.74 Å². The molecular weight excluding hydrogens is 218 g/mol. The first-order valence-corrected chi connectivity index (χ1v) is 6.99. The normalized spacial score (nSPS) is 17.4. The molecule has 1 aromatic rings. The van der Waals surface area contributed by atoms with Gasteiger partial charge in [-0.15, -0.1) is 11.3 Å². The summed E-state index contributed by atoms with van der Waals surface area (Å²) in [5.41, 5.74) is 0.638. The summed E-state index contributed by atoms with van der Waals surface area (Å²) in [7, 11) is 1.74. The molecule has 90 valence electrons. The van der Waals surface area contributed by atoms with Crippen molar-refractivity contribution in [1.29, 1.82) is 0 Å². The van der Waals surface area contributed by atoms with Crippen LogP contribution in [-0.4, -0.2) is 13.7 Å². The predicted octanol–water partition coefficient (Wildman–Crippen LogP) is 3.43. The molecular formula is C13H21NOS. The maximum absolute atomic E-state index is 5.30. The summed E-state index contributed by atoms with van der Waals surface area (Å²) in [4.78, 5) is 1.31. The molecule has 0 spiro atoms. The van der Waals surface area contributed by atoms with Gasteiger partial charge in [0.25, 0.3) is 0 Å². The van der Waals surface area contributed by atoms with Gasteiger partial charge in [-0.2, -0.15) is 0 Å². The zero-order valence-electron chi connectivity index (χ0n) is 10.2. The summed E-state index contributed by atoms with van der Waals surface area (Å²) in [6.07, 6.45) is 5.51. The topological polar surface area (TPSA) is 21.3 Å². The standard InChI is InChI=1S/C13H21NOS/c1-3-5-13(6-7-13)10-14-9-12-11(15-2)4-8-16-12/h4,8,14H,3,5-7,9-10H2,1-2H3. The monoisotopic (exact) mass is 239 g/mol. The fraction of sp³-hybridized carbons (Fsp3) is 0.692. The van der Waals surface area contributed by atoms with Crippen molar-refractivity contribution in [2.45, 2.75) is 39.2 Å². The van der Waals surface area contributed by atoms with Crippen LogP contribution in [0.3, 0.4) is 0 Å². The van der Waals surface area contributed by atoms with E-state index < -0.39 is 0 Å². The van der Waals surface area contributed by atoms with Crippen molar-refractivity contribution < 1.29 is 4.74 Å². The summed E-state index contributed by atoms with van der Waals surface area (Å²) in [6.45, 7) is 4.40. The second-order valence-corrected chi connectivity index (χ2v) is 5.77. The minimum atomic E-state index is 0.638. The lowest BCUT2D eigenvalue weighted by Gasteiger charge is -2.14. The summed E-state index contributed by atoms with van der Waals surface area (Å²) in [5, 5.41) is 5.67. The van der Waals surface area contributed by atoms with Crippen molar-refractivity contribution in [1.82, 2.24) is 5.32 Å². The van der Waals surface area contributed by atoms with Gasteiger partial charge in [0.1, 0.15) is 5.75 Å². The lowest BCUT2D eigenvalue weighted by Crippen LogP contribution is -2.23. The van der Waals surface area contributed by atoms with Gasteiger partial charge in [-0.3, -0.25) is 0 Å². The number of hydrogen-bond donors (Lipinski definition) is 1. The van der Waals surface area contributed by atoms with E-state index in [0.29, 0.717) is 5.41 Å². The molecule has 1 aliphatic carbocycles. The molecule has 0 saturated heterocycles. The quantitative estimate of drug-likeness (QED) is 0.787. The Morgan fingerprint density at radius 2 is 2.31 bits per heavy atom. The van der Waals surface area contributed by atoms with Gasteiger partial charge in [0.15, 0.2) is 0 Å². The fourth-order valence-corrected chi connectivity index (χ4v) is 3.11. The van der Waals surface area contributed by atoms with Crippen molar-refractivity contribution in [3.63, 3.8) is 0 Å². The molecule has 0 bridgehead atoms. The van der Waals surface area contributed by atoms with Crippen LogP contribution in [0.25, 0.3) is 0 Å². The Morgan fingerprint density at radius 1 is 1.50 bits per heavy atom. The minimum absolute atomic E-state index is 0.638. The third-order valence-corrected chi connectivity index (χ3v) is 4.35. The van der Waals surface area contributed by atoms with E-state index >= 15 is 0 Å². The van der Waals surface area contributed by atoms with Crippen LogP contribution >= 0.6 is 11.3 Å². The molecule has 2 nitrogen and oxygen atoms in total. The van der Waals surface area contributed by atoms with E-state index in [1.165, 1.54) is 37.1 Å².